The smallest absolute Gasteiger partial charge is 0.410 e. The fraction of sp³-hybridized carbons (Fsp3) is 0.923. The molecule has 1 saturated heterocycles. The summed E-state index contributed by atoms with van der Waals surface area (Å²) in [7, 11) is 0. The predicted octanol–water partition coefficient (Wildman–Crippen LogP) is 2.67. The van der Waals surface area contributed by atoms with Crippen molar-refractivity contribution in [2.45, 2.75) is 46.1 Å². The Kier molecular flexibility index (Phi) is 5.25. The van der Waals surface area contributed by atoms with E-state index in [1.807, 2.05) is 27.7 Å². The van der Waals surface area contributed by atoms with Crippen molar-refractivity contribution >= 4 is 6.09 Å². The topological polar surface area (TPSA) is 38.8 Å². The maximum Gasteiger partial charge on any atom is 0.410 e. The fourth-order valence-electron chi connectivity index (χ4n) is 1.89. The Balaban J connectivity index is 2.29. The SMILES string of the molecule is CCOCC1CCN(C(=O)OC(C)(C)C)CC1. The zero-order valence-electron chi connectivity index (χ0n) is 11.5. The molecule has 0 N–H and O–H groups in total. The summed E-state index contributed by atoms with van der Waals surface area (Å²) in [4.78, 5) is 13.6. The maximum absolute atomic E-state index is 11.8. The summed E-state index contributed by atoms with van der Waals surface area (Å²) in [5.74, 6) is 0.591. The molecule has 1 heterocycles. The van der Waals surface area contributed by atoms with Gasteiger partial charge < -0.3 is 14.4 Å². The van der Waals surface area contributed by atoms with Crippen molar-refractivity contribution in [1.29, 1.82) is 0 Å². The Morgan fingerprint density at radius 1 is 1.29 bits per heavy atom. The lowest BCUT2D eigenvalue weighted by Gasteiger charge is -2.33. The Morgan fingerprint density at radius 3 is 2.35 bits per heavy atom. The van der Waals surface area contributed by atoms with Crippen LogP contribution in [0.5, 0.6) is 0 Å². The van der Waals surface area contributed by atoms with Crippen LogP contribution in [0.2, 0.25) is 0 Å². The lowest BCUT2D eigenvalue weighted by atomic mass is 9.98. The molecule has 1 fully saturated rings. The van der Waals surface area contributed by atoms with E-state index in [0.29, 0.717) is 5.92 Å². The van der Waals surface area contributed by atoms with Gasteiger partial charge in [-0.3, -0.25) is 0 Å². The van der Waals surface area contributed by atoms with Crippen molar-refractivity contribution in [3.05, 3.63) is 0 Å². The minimum atomic E-state index is -0.404. The van der Waals surface area contributed by atoms with Gasteiger partial charge in [0.15, 0.2) is 0 Å². The third-order valence-corrected chi connectivity index (χ3v) is 2.82. The van der Waals surface area contributed by atoms with Crippen molar-refractivity contribution in [2.75, 3.05) is 26.3 Å². The van der Waals surface area contributed by atoms with E-state index >= 15 is 0 Å². The van der Waals surface area contributed by atoms with Gasteiger partial charge in [0.2, 0.25) is 0 Å². The van der Waals surface area contributed by atoms with E-state index < -0.39 is 5.60 Å². The summed E-state index contributed by atoms with van der Waals surface area (Å²) in [6, 6.07) is 0. The van der Waals surface area contributed by atoms with Crippen LogP contribution in [0.1, 0.15) is 40.5 Å². The first-order chi connectivity index (χ1) is 7.92. The number of rotatable bonds is 3. The number of hydrogen-bond acceptors (Lipinski definition) is 3. The van der Waals surface area contributed by atoms with Gasteiger partial charge in [-0.1, -0.05) is 0 Å². The number of carbonyl (C=O) groups excluding carboxylic acids is 1. The van der Waals surface area contributed by atoms with E-state index in [4.69, 9.17) is 9.47 Å². The molecule has 0 aliphatic carbocycles. The minimum absolute atomic E-state index is 0.188. The molecule has 100 valence electrons. The van der Waals surface area contributed by atoms with Gasteiger partial charge in [-0.15, -0.1) is 0 Å². The van der Waals surface area contributed by atoms with Crippen molar-refractivity contribution in [1.82, 2.24) is 4.90 Å². The second-order valence-corrected chi connectivity index (χ2v) is 5.57. The van der Waals surface area contributed by atoms with E-state index in [0.717, 1.165) is 39.1 Å². The maximum atomic E-state index is 11.8. The Bertz CT molecular complexity index is 240. The molecule has 0 radical (unpaired) electrons. The highest BCUT2D eigenvalue weighted by Gasteiger charge is 2.26. The predicted molar refractivity (Wildman–Crippen MR) is 67.0 cm³/mol. The van der Waals surface area contributed by atoms with Crippen molar-refractivity contribution in [3.8, 4) is 0 Å². The van der Waals surface area contributed by atoms with Crippen LogP contribution in [0, 0.1) is 5.92 Å². The van der Waals surface area contributed by atoms with E-state index in [9.17, 15) is 4.79 Å². The molecular formula is C13H25NO3. The van der Waals surface area contributed by atoms with E-state index in [-0.39, 0.29) is 6.09 Å². The van der Waals surface area contributed by atoms with Gasteiger partial charge in [0.1, 0.15) is 5.60 Å². The third kappa shape index (κ3) is 5.39. The van der Waals surface area contributed by atoms with E-state index in [2.05, 4.69) is 0 Å². The molecule has 4 heteroatoms. The summed E-state index contributed by atoms with van der Waals surface area (Å²) in [5.41, 5.74) is -0.404. The highest BCUT2D eigenvalue weighted by molar-refractivity contribution is 5.68. The molecule has 0 bridgehead atoms. The molecule has 4 nitrogen and oxygen atoms in total. The lowest BCUT2D eigenvalue weighted by Crippen LogP contribution is -2.42. The average Bonchev–Trinajstić information content (AvgIpc) is 2.24. The second kappa shape index (κ2) is 6.24. The lowest BCUT2D eigenvalue weighted by molar-refractivity contribution is 0.0124. The summed E-state index contributed by atoms with van der Waals surface area (Å²) < 4.78 is 10.8. The highest BCUT2D eigenvalue weighted by atomic mass is 16.6. The van der Waals surface area contributed by atoms with Crippen molar-refractivity contribution < 1.29 is 14.3 Å². The van der Waals surface area contributed by atoms with Crippen molar-refractivity contribution in [3.63, 3.8) is 0 Å². The molecule has 1 aliphatic heterocycles. The Hall–Kier alpha value is -0.770. The Labute approximate surface area is 104 Å². The van der Waals surface area contributed by atoms with Crippen LogP contribution in [-0.4, -0.2) is 42.9 Å². The van der Waals surface area contributed by atoms with Crippen LogP contribution in [0.3, 0.4) is 0 Å². The van der Waals surface area contributed by atoms with E-state index in [1.165, 1.54) is 0 Å². The van der Waals surface area contributed by atoms with Gasteiger partial charge in [0.25, 0.3) is 0 Å². The summed E-state index contributed by atoms with van der Waals surface area (Å²) in [5, 5.41) is 0. The average molecular weight is 243 g/mol. The first kappa shape index (κ1) is 14.3. The number of ether oxygens (including phenoxy) is 2. The number of likely N-dealkylation sites (tertiary alicyclic amines) is 1. The summed E-state index contributed by atoms with van der Waals surface area (Å²) >= 11 is 0. The molecule has 0 aromatic heterocycles. The van der Waals surface area contributed by atoms with Crippen LogP contribution in [-0.2, 0) is 9.47 Å². The Morgan fingerprint density at radius 2 is 1.88 bits per heavy atom. The first-order valence-corrected chi connectivity index (χ1v) is 6.48. The molecule has 1 amide bonds. The summed E-state index contributed by atoms with van der Waals surface area (Å²) in [6.07, 6.45) is 1.84. The molecule has 0 saturated carbocycles. The number of piperidine rings is 1. The van der Waals surface area contributed by atoms with Gasteiger partial charge in [-0.05, 0) is 46.5 Å². The fourth-order valence-corrected chi connectivity index (χ4v) is 1.89. The number of nitrogens with zero attached hydrogens (tertiary/aromatic N) is 1. The number of carbonyl (C=O) groups is 1. The monoisotopic (exact) mass is 243 g/mol. The summed E-state index contributed by atoms with van der Waals surface area (Å²) in [6.45, 7) is 10.9. The highest BCUT2D eigenvalue weighted by Crippen LogP contribution is 2.19. The molecule has 0 aromatic carbocycles. The first-order valence-electron chi connectivity index (χ1n) is 6.48. The van der Waals surface area contributed by atoms with Crippen LogP contribution in [0.15, 0.2) is 0 Å². The zero-order valence-corrected chi connectivity index (χ0v) is 11.5. The van der Waals surface area contributed by atoms with Crippen LogP contribution in [0.25, 0.3) is 0 Å². The van der Waals surface area contributed by atoms with Gasteiger partial charge >= 0.3 is 6.09 Å². The molecule has 0 atom stereocenters. The molecule has 17 heavy (non-hydrogen) atoms. The molecule has 1 rings (SSSR count). The standard InChI is InChI=1S/C13H25NO3/c1-5-16-10-11-6-8-14(9-7-11)12(15)17-13(2,3)4/h11H,5-10H2,1-4H3. The van der Waals surface area contributed by atoms with Crippen LogP contribution >= 0.6 is 0 Å². The number of amides is 1. The normalized spacial score (nSPS) is 18.2. The van der Waals surface area contributed by atoms with Gasteiger partial charge in [0, 0.05) is 26.3 Å². The van der Waals surface area contributed by atoms with Crippen LogP contribution in [0.4, 0.5) is 4.79 Å². The van der Waals surface area contributed by atoms with Gasteiger partial charge in [-0.2, -0.15) is 0 Å². The van der Waals surface area contributed by atoms with Gasteiger partial charge in [0.05, 0.1) is 0 Å². The van der Waals surface area contributed by atoms with Gasteiger partial charge in [-0.25, -0.2) is 4.79 Å². The van der Waals surface area contributed by atoms with E-state index in [1.54, 1.807) is 4.90 Å². The molecule has 0 aromatic rings. The second-order valence-electron chi connectivity index (χ2n) is 5.57. The third-order valence-electron chi connectivity index (χ3n) is 2.82. The largest absolute Gasteiger partial charge is 0.444 e. The molecule has 1 aliphatic rings. The van der Waals surface area contributed by atoms with Crippen molar-refractivity contribution in [2.24, 2.45) is 5.92 Å². The molecular weight excluding hydrogens is 218 g/mol. The number of hydrogen-bond donors (Lipinski definition) is 0. The molecule has 0 spiro atoms. The van der Waals surface area contributed by atoms with Crippen LogP contribution < -0.4 is 0 Å². The minimum Gasteiger partial charge on any atom is -0.444 e. The zero-order chi connectivity index (χ0) is 12.9. The quantitative estimate of drug-likeness (QED) is 0.765. The molecule has 0 unspecified atom stereocenters.